The van der Waals surface area contributed by atoms with Gasteiger partial charge >= 0.3 is 0 Å². The Balaban J connectivity index is 1.49. The van der Waals surface area contributed by atoms with Crippen molar-refractivity contribution >= 4 is 11.8 Å². The molecule has 1 aliphatic rings. The van der Waals surface area contributed by atoms with Crippen molar-refractivity contribution in [2.45, 2.75) is 38.0 Å². The minimum Gasteiger partial charge on any atom is -0.347 e. The fourth-order valence-corrected chi connectivity index (χ4v) is 4.06. The lowest BCUT2D eigenvalue weighted by atomic mass is 9.95. The second-order valence-electron chi connectivity index (χ2n) is 8.01. The van der Waals surface area contributed by atoms with Crippen LogP contribution in [0.3, 0.4) is 0 Å². The fraction of sp³-hybridized carbons (Fsp3) is 0.231. The molecule has 0 fully saturated rings. The molecule has 5 nitrogen and oxygen atoms in total. The van der Waals surface area contributed by atoms with Gasteiger partial charge in [-0.1, -0.05) is 84.9 Å². The number of nitrogens with two attached hydrogens (primary N) is 1. The molecule has 3 aromatic carbocycles. The van der Waals surface area contributed by atoms with Gasteiger partial charge in [-0.2, -0.15) is 0 Å². The summed E-state index contributed by atoms with van der Waals surface area (Å²) in [4.78, 5) is 26.3. The third-order valence-electron chi connectivity index (χ3n) is 5.86. The smallest absolute Gasteiger partial charge is 0.279 e. The fourth-order valence-electron chi connectivity index (χ4n) is 4.06. The van der Waals surface area contributed by atoms with E-state index >= 15 is 0 Å². The Hall–Kier alpha value is -3.44. The van der Waals surface area contributed by atoms with Crippen LogP contribution in [0.4, 0.5) is 0 Å². The molecule has 0 bridgehead atoms. The van der Waals surface area contributed by atoms with Crippen molar-refractivity contribution < 1.29 is 14.9 Å². The molecule has 0 unspecified atom stereocenters. The number of rotatable bonds is 6. The molecule has 2 amide bonds. The average molecular weight is 415 g/mol. The van der Waals surface area contributed by atoms with Gasteiger partial charge in [0.25, 0.3) is 5.91 Å². The number of amides is 2. The number of carbonyl (C=O) groups is 2. The van der Waals surface area contributed by atoms with Gasteiger partial charge < -0.3 is 16.0 Å². The summed E-state index contributed by atoms with van der Waals surface area (Å²) in [5.74, 6) is -0.335. The highest BCUT2D eigenvalue weighted by Crippen LogP contribution is 2.18. The van der Waals surface area contributed by atoms with Crippen molar-refractivity contribution in [3.8, 4) is 0 Å². The number of hydrogen-bond donors (Lipinski definition) is 3. The van der Waals surface area contributed by atoms with Gasteiger partial charge in [0.2, 0.25) is 5.91 Å². The summed E-state index contributed by atoms with van der Waals surface area (Å²) >= 11 is 0. The van der Waals surface area contributed by atoms with Gasteiger partial charge in [0, 0.05) is 12.0 Å². The zero-order chi connectivity index (χ0) is 21.6. The monoisotopic (exact) mass is 414 g/mol. The van der Waals surface area contributed by atoms with Crippen molar-refractivity contribution in [3.63, 3.8) is 0 Å². The Morgan fingerprint density at radius 1 is 0.806 bits per heavy atom. The summed E-state index contributed by atoms with van der Waals surface area (Å²) < 4.78 is 0. The summed E-state index contributed by atoms with van der Waals surface area (Å²) in [6.45, 7) is 2.71. The maximum Gasteiger partial charge on any atom is 0.279 e. The molecule has 4 rings (SSSR count). The van der Waals surface area contributed by atoms with Gasteiger partial charge in [0.05, 0.1) is 6.04 Å². The first-order valence-electron chi connectivity index (χ1n) is 10.7. The molecule has 0 spiro atoms. The summed E-state index contributed by atoms with van der Waals surface area (Å²) in [6.07, 6.45) is 0.658. The molecule has 0 saturated heterocycles. The van der Waals surface area contributed by atoms with Gasteiger partial charge in [-0.15, -0.1) is 0 Å². The lowest BCUT2D eigenvalue weighted by molar-refractivity contribution is -0.695. The molecule has 0 saturated carbocycles. The number of hydrogen-bond acceptors (Lipinski definition) is 2. The van der Waals surface area contributed by atoms with E-state index in [4.69, 9.17) is 0 Å². The van der Waals surface area contributed by atoms with Gasteiger partial charge in [0.1, 0.15) is 12.6 Å². The summed E-state index contributed by atoms with van der Waals surface area (Å²) in [5.41, 5.74) is 4.25. The predicted octanol–water partition coefficient (Wildman–Crippen LogP) is 2.41. The average Bonchev–Trinajstić information content (AvgIpc) is 2.83. The lowest BCUT2D eigenvalue weighted by Gasteiger charge is -2.26. The van der Waals surface area contributed by atoms with Gasteiger partial charge in [-0.3, -0.25) is 9.59 Å². The van der Waals surface area contributed by atoms with Crippen LogP contribution in [0.5, 0.6) is 0 Å². The largest absolute Gasteiger partial charge is 0.347 e. The number of fused-ring (bicyclic) bond motifs is 1. The zero-order valence-corrected chi connectivity index (χ0v) is 17.6. The predicted molar refractivity (Wildman–Crippen MR) is 120 cm³/mol. The van der Waals surface area contributed by atoms with Crippen molar-refractivity contribution in [1.82, 2.24) is 10.6 Å². The van der Waals surface area contributed by atoms with E-state index in [1.807, 2.05) is 85.0 Å². The first-order valence-corrected chi connectivity index (χ1v) is 10.7. The van der Waals surface area contributed by atoms with E-state index in [-0.39, 0.29) is 23.9 Å². The third-order valence-corrected chi connectivity index (χ3v) is 5.86. The Morgan fingerprint density at radius 3 is 2.06 bits per heavy atom. The van der Waals surface area contributed by atoms with Crippen molar-refractivity contribution in [2.75, 3.05) is 0 Å². The number of quaternary nitrogens is 1. The summed E-state index contributed by atoms with van der Waals surface area (Å²) in [6, 6.07) is 26.3. The Labute approximate surface area is 182 Å². The third kappa shape index (κ3) is 5.01. The van der Waals surface area contributed by atoms with E-state index in [0.717, 1.165) is 17.7 Å². The molecule has 0 aromatic heterocycles. The molecule has 158 valence electrons. The highest BCUT2D eigenvalue weighted by molar-refractivity contribution is 5.90. The maximum atomic E-state index is 13.2. The van der Waals surface area contributed by atoms with Crippen LogP contribution < -0.4 is 16.0 Å². The van der Waals surface area contributed by atoms with Crippen molar-refractivity contribution in [3.05, 3.63) is 107 Å². The topological polar surface area (TPSA) is 74.8 Å². The van der Waals surface area contributed by atoms with Gasteiger partial charge in [-0.25, -0.2) is 0 Å². The highest BCUT2D eigenvalue weighted by Gasteiger charge is 2.32. The quantitative estimate of drug-likeness (QED) is 0.580. The minimum absolute atomic E-state index is 0.120. The highest BCUT2D eigenvalue weighted by atomic mass is 16.2. The molecule has 0 aliphatic carbocycles. The van der Waals surface area contributed by atoms with Crippen LogP contribution in [0.2, 0.25) is 0 Å². The molecule has 3 aromatic rings. The van der Waals surface area contributed by atoms with E-state index in [2.05, 4.69) is 22.8 Å². The summed E-state index contributed by atoms with van der Waals surface area (Å²) in [7, 11) is 0. The molecule has 1 aliphatic heterocycles. The van der Waals surface area contributed by atoms with Gasteiger partial charge in [0.15, 0.2) is 6.04 Å². The van der Waals surface area contributed by atoms with Crippen LogP contribution >= 0.6 is 0 Å². The van der Waals surface area contributed by atoms with Crippen LogP contribution in [-0.2, 0) is 22.6 Å². The minimum atomic E-state index is -0.745. The molecule has 3 atom stereocenters. The van der Waals surface area contributed by atoms with E-state index in [1.165, 1.54) is 11.1 Å². The normalized spacial score (nSPS) is 17.1. The second kappa shape index (κ2) is 9.58. The number of carbonyl (C=O) groups excluding carboxylic acids is 2. The van der Waals surface area contributed by atoms with Crippen LogP contribution in [0, 0.1) is 0 Å². The molecule has 0 radical (unpaired) electrons. The Bertz CT molecular complexity index is 1040. The molecular weight excluding hydrogens is 386 g/mol. The molecule has 4 N–H and O–H groups in total. The van der Waals surface area contributed by atoms with Gasteiger partial charge in [-0.05, 0) is 23.6 Å². The number of nitrogens with one attached hydrogen (secondary N) is 2. The SMILES string of the molecule is C[C@@H](NC(=O)[C@H](NC(=O)[C@@H]1Cc2ccccc2C[NH2+]1)c1ccccc1)c1ccccc1. The van der Waals surface area contributed by atoms with Crippen molar-refractivity contribution in [2.24, 2.45) is 0 Å². The standard InChI is InChI=1S/C26H27N3O2/c1-18(19-10-4-2-5-11-19)28-26(31)24(20-12-6-3-7-13-20)29-25(30)23-16-21-14-8-9-15-22(21)17-27-23/h2-15,18,23-24,27H,16-17H2,1H3,(H,28,31)(H,29,30)/p+1/t18-,23+,24-/m1/s1. The molecule has 5 heteroatoms. The molecule has 1 heterocycles. The molecular formula is C26H28N3O2+. The van der Waals surface area contributed by atoms with Crippen LogP contribution in [0.1, 0.15) is 41.3 Å². The maximum absolute atomic E-state index is 13.2. The molecule has 31 heavy (non-hydrogen) atoms. The van der Waals surface area contributed by atoms with Crippen LogP contribution in [-0.4, -0.2) is 17.9 Å². The second-order valence-corrected chi connectivity index (χ2v) is 8.01. The van der Waals surface area contributed by atoms with Crippen LogP contribution in [0.15, 0.2) is 84.9 Å². The first kappa shape index (κ1) is 20.8. The van der Waals surface area contributed by atoms with Crippen molar-refractivity contribution in [1.29, 1.82) is 0 Å². The summed E-state index contributed by atoms with van der Waals surface area (Å²) in [5, 5.41) is 8.11. The van der Waals surface area contributed by atoms with E-state index < -0.39 is 6.04 Å². The van der Waals surface area contributed by atoms with E-state index in [1.54, 1.807) is 0 Å². The van der Waals surface area contributed by atoms with Crippen LogP contribution in [0.25, 0.3) is 0 Å². The zero-order valence-electron chi connectivity index (χ0n) is 17.6. The Kier molecular flexibility index (Phi) is 6.43. The van der Waals surface area contributed by atoms with E-state index in [0.29, 0.717) is 6.42 Å². The number of benzene rings is 3. The lowest BCUT2D eigenvalue weighted by Crippen LogP contribution is -2.93. The van der Waals surface area contributed by atoms with E-state index in [9.17, 15) is 9.59 Å². The first-order chi connectivity index (χ1) is 15.1. The Morgan fingerprint density at radius 2 is 1.39 bits per heavy atom.